The number of amides is 1. The number of nitrogens with zero attached hydrogens (tertiary/aromatic N) is 4. The third kappa shape index (κ3) is 8.42. The highest BCUT2D eigenvalue weighted by Crippen LogP contribution is 2.21. The lowest BCUT2D eigenvalue weighted by atomic mass is 10.2. The molecule has 1 N–H and O–H groups in total. The molecule has 2 aromatic rings. The second-order valence-corrected chi connectivity index (χ2v) is 8.76. The molecule has 0 aliphatic rings. The zero-order chi connectivity index (χ0) is 21.1. The van der Waals surface area contributed by atoms with Gasteiger partial charge >= 0.3 is 5.24 Å². The first-order valence-corrected chi connectivity index (χ1v) is 11.9. The minimum Gasteiger partial charge on any atom is -0.369 e. The van der Waals surface area contributed by atoms with E-state index in [2.05, 4.69) is 32.3 Å². The Morgan fingerprint density at radius 2 is 1.90 bits per heavy atom. The first kappa shape index (κ1) is 23.8. The van der Waals surface area contributed by atoms with Crippen LogP contribution in [0.5, 0.6) is 0 Å². The van der Waals surface area contributed by atoms with Gasteiger partial charge in [0.25, 0.3) is 0 Å². The number of halogens is 2. The van der Waals surface area contributed by atoms with E-state index in [4.69, 9.17) is 23.2 Å². The molecule has 1 amide bonds. The van der Waals surface area contributed by atoms with E-state index in [1.54, 1.807) is 18.0 Å². The van der Waals surface area contributed by atoms with Gasteiger partial charge < -0.3 is 4.90 Å². The van der Waals surface area contributed by atoms with E-state index in [-0.39, 0.29) is 5.24 Å². The van der Waals surface area contributed by atoms with Crippen molar-refractivity contribution in [2.45, 2.75) is 24.0 Å². The Balaban J connectivity index is 1.91. The van der Waals surface area contributed by atoms with Gasteiger partial charge in [0.05, 0.1) is 6.21 Å². The molecular formula is C19H23Cl2N5OS2. The third-order valence-corrected chi connectivity index (χ3v) is 5.40. The summed E-state index contributed by atoms with van der Waals surface area (Å²) >= 11 is 14.2. The standard InChI is InChI=1S/C19H23Cl2N5OS2/c1-3-28-17-12-14(2)23-18(24-17)29-19(27)25-22-13-15-4-6-16(7-5-15)26(10-8-20)11-9-21/h4-7,12-13H,3,8-11H2,1-2H3,(H,25,27). The predicted octanol–water partition coefficient (Wildman–Crippen LogP) is 5.02. The van der Waals surface area contributed by atoms with Gasteiger partial charge in [0.1, 0.15) is 5.03 Å². The Kier molecular flexibility index (Phi) is 10.6. The molecule has 0 aliphatic carbocycles. The summed E-state index contributed by atoms with van der Waals surface area (Å²) in [5, 5.41) is 4.93. The van der Waals surface area contributed by atoms with Crippen LogP contribution >= 0.6 is 46.7 Å². The highest BCUT2D eigenvalue weighted by molar-refractivity contribution is 8.13. The summed E-state index contributed by atoms with van der Waals surface area (Å²) in [6.45, 7) is 5.39. The van der Waals surface area contributed by atoms with Crippen molar-refractivity contribution >= 4 is 63.9 Å². The van der Waals surface area contributed by atoms with Crippen molar-refractivity contribution in [3.05, 3.63) is 41.6 Å². The molecule has 1 heterocycles. The average Bonchev–Trinajstić information content (AvgIpc) is 2.68. The fraction of sp³-hybridized carbons (Fsp3) is 0.368. The van der Waals surface area contributed by atoms with Crippen LogP contribution in [-0.4, -0.2) is 52.0 Å². The third-order valence-electron chi connectivity index (χ3n) is 3.62. The van der Waals surface area contributed by atoms with Gasteiger partial charge in [0.15, 0.2) is 5.16 Å². The maximum atomic E-state index is 12.1. The lowest BCUT2D eigenvalue weighted by Crippen LogP contribution is -2.27. The Morgan fingerprint density at radius 3 is 2.52 bits per heavy atom. The summed E-state index contributed by atoms with van der Waals surface area (Å²) in [5.74, 6) is 1.98. The van der Waals surface area contributed by atoms with E-state index in [1.807, 2.05) is 37.3 Å². The number of hydrazone groups is 1. The SMILES string of the molecule is CCSc1cc(C)nc(SC(=O)NN=Cc2ccc(N(CCCl)CCCl)cc2)n1. The monoisotopic (exact) mass is 471 g/mol. The van der Waals surface area contributed by atoms with Crippen LogP contribution in [0.1, 0.15) is 18.2 Å². The van der Waals surface area contributed by atoms with Crippen LogP contribution in [0, 0.1) is 6.92 Å². The average molecular weight is 472 g/mol. The fourth-order valence-electron chi connectivity index (χ4n) is 2.39. The van der Waals surface area contributed by atoms with E-state index in [1.165, 1.54) is 0 Å². The first-order valence-electron chi connectivity index (χ1n) is 9.02. The number of anilines is 1. The molecule has 6 nitrogen and oxygen atoms in total. The highest BCUT2D eigenvalue weighted by atomic mass is 35.5. The number of thioether (sulfide) groups is 2. The van der Waals surface area contributed by atoms with Crippen LogP contribution in [0.4, 0.5) is 10.5 Å². The fourth-order valence-corrected chi connectivity index (χ4v) is 4.16. The summed E-state index contributed by atoms with van der Waals surface area (Å²) in [7, 11) is 0. The van der Waals surface area contributed by atoms with Gasteiger partial charge in [-0.15, -0.1) is 35.0 Å². The summed E-state index contributed by atoms with van der Waals surface area (Å²) in [5.41, 5.74) is 5.22. The minimum atomic E-state index is -0.341. The molecule has 0 aliphatic heterocycles. The van der Waals surface area contributed by atoms with E-state index >= 15 is 0 Å². The smallest absolute Gasteiger partial charge is 0.306 e. The summed E-state index contributed by atoms with van der Waals surface area (Å²) in [6.07, 6.45) is 1.59. The summed E-state index contributed by atoms with van der Waals surface area (Å²) in [6, 6.07) is 9.70. The van der Waals surface area contributed by atoms with Crippen LogP contribution in [0.15, 0.2) is 45.6 Å². The molecule has 0 fully saturated rings. The molecule has 10 heteroatoms. The molecule has 2 rings (SSSR count). The number of aryl methyl sites for hydroxylation is 1. The Hall–Kier alpha value is -1.48. The normalized spacial score (nSPS) is 11.0. The van der Waals surface area contributed by atoms with Crippen molar-refractivity contribution in [3.63, 3.8) is 0 Å². The molecule has 0 saturated heterocycles. The van der Waals surface area contributed by atoms with Gasteiger partial charge in [-0.25, -0.2) is 15.4 Å². The van der Waals surface area contributed by atoms with E-state index < -0.39 is 0 Å². The Bertz CT molecular complexity index is 815. The molecule has 29 heavy (non-hydrogen) atoms. The molecule has 0 bridgehead atoms. The highest BCUT2D eigenvalue weighted by Gasteiger charge is 2.09. The van der Waals surface area contributed by atoms with Gasteiger partial charge in [-0.1, -0.05) is 19.1 Å². The minimum absolute atomic E-state index is 0.341. The molecule has 0 atom stereocenters. The molecule has 0 saturated carbocycles. The van der Waals surface area contributed by atoms with Crippen LogP contribution in [0.3, 0.4) is 0 Å². The number of nitrogens with one attached hydrogen (secondary N) is 1. The molecule has 0 unspecified atom stereocenters. The summed E-state index contributed by atoms with van der Waals surface area (Å²) < 4.78 is 0. The van der Waals surface area contributed by atoms with E-state index in [0.717, 1.165) is 52.6 Å². The zero-order valence-electron chi connectivity index (χ0n) is 16.3. The second-order valence-electron chi connectivity index (χ2n) is 5.78. The van der Waals surface area contributed by atoms with Crippen molar-refractivity contribution in [3.8, 4) is 0 Å². The van der Waals surface area contributed by atoms with Gasteiger partial charge in [-0.3, -0.25) is 4.79 Å². The molecular weight excluding hydrogens is 449 g/mol. The van der Waals surface area contributed by atoms with Gasteiger partial charge in [0.2, 0.25) is 0 Å². The van der Waals surface area contributed by atoms with Crippen molar-refractivity contribution in [1.82, 2.24) is 15.4 Å². The van der Waals surface area contributed by atoms with Crippen LogP contribution in [-0.2, 0) is 0 Å². The van der Waals surface area contributed by atoms with Crippen LogP contribution < -0.4 is 10.3 Å². The van der Waals surface area contributed by atoms with Crippen LogP contribution in [0.25, 0.3) is 0 Å². The number of carbonyl (C=O) groups is 1. The maximum Gasteiger partial charge on any atom is 0.306 e. The number of hydrogen-bond donors (Lipinski definition) is 1. The number of hydrogen-bond acceptors (Lipinski definition) is 7. The molecule has 0 spiro atoms. The molecule has 1 aromatic carbocycles. The first-order chi connectivity index (χ1) is 14.0. The Morgan fingerprint density at radius 1 is 1.21 bits per heavy atom. The zero-order valence-corrected chi connectivity index (χ0v) is 19.4. The Labute approximate surface area is 189 Å². The number of aromatic nitrogens is 2. The van der Waals surface area contributed by atoms with E-state index in [0.29, 0.717) is 16.9 Å². The topological polar surface area (TPSA) is 70.5 Å². The maximum absolute atomic E-state index is 12.1. The number of rotatable bonds is 10. The van der Waals surface area contributed by atoms with Crippen molar-refractivity contribution in [2.24, 2.45) is 5.10 Å². The lowest BCUT2D eigenvalue weighted by molar-refractivity contribution is 0.261. The van der Waals surface area contributed by atoms with E-state index in [9.17, 15) is 4.79 Å². The molecule has 0 radical (unpaired) electrons. The van der Waals surface area contributed by atoms with Gasteiger partial charge in [-0.2, -0.15) is 5.10 Å². The number of alkyl halides is 2. The van der Waals surface area contributed by atoms with Gasteiger partial charge in [0, 0.05) is 48.0 Å². The molecule has 1 aromatic heterocycles. The second kappa shape index (κ2) is 13.0. The van der Waals surface area contributed by atoms with Crippen LogP contribution in [0.2, 0.25) is 0 Å². The molecule has 156 valence electrons. The number of benzene rings is 1. The quantitative estimate of drug-likeness (QED) is 0.131. The number of carbonyl (C=O) groups excluding carboxylic acids is 1. The largest absolute Gasteiger partial charge is 0.369 e. The van der Waals surface area contributed by atoms with Gasteiger partial charge in [-0.05, 0) is 36.4 Å². The van der Waals surface area contributed by atoms with Crippen molar-refractivity contribution in [2.75, 3.05) is 35.5 Å². The van der Waals surface area contributed by atoms with Crippen molar-refractivity contribution < 1.29 is 4.79 Å². The predicted molar refractivity (Wildman–Crippen MR) is 125 cm³/mol. The van der Waals surface area contributed by atoms with Crippen molar-refractivity contribution in [1.29, 1.82) is 0 Å². The lowest BCUT2D eigenvalue weighted by Gasteiger charge is -2.22. The summed E-state index contributed by atoms with van der Waals surface area (Å²) in [4.78, 5) is 22.9.